The molecule has 0 saturated carbocycles. The van der Waals surface area contributed by atoms with E-state index in [0.29, 0.717) is 13.0 Å². The van der Waals surface area contributed by atoms with E-state index in [2.05, 4.69) is 4.98 Å². The molecular weight excluding hydrogens is 226 g/mol. The lowest BCUT2D eigenvalue weighted by molar-refractivity contribution is 0.0401. The van der Waals surface area contributed by atoms with E-state index in [1.165, 1.54) is 24.1 Å². The number of hydrogen-bond donors (Lipinski definition) is 2. The predicted molar refractivity (Wildman–Crippen MR) is 59.5 cm³/mol. The molecule has 7 nitrogen and oxygen atoms in total. The van der Waals surface area contributed by atoms with Crippen molar-refractivity contribution in [2.75, 3.05) is 13.7 Å². The molecule has 0 bridgehead atoms. The average Bonchev–Trinajstić information content (AvgIpc) is 2.32. The van der Waals surface area contributed by atoms with E-state index in [1.807, 2.05) is 0 Å². The summed E-state index contributed by atoms with van der Waals surface area (Å²) in [5.74, 6) is -0.852. The summed E-state index contributed by atoms with van der Waals surface area (Å²) in [6.07, 6.45) is 2.91. The van der Waals surface area contributed by atoms with Crippen molar-refractivity contribution in [3.05, 3.63) is 28.4 Å². The second-order valence-electron chi connectivity index (χ2n) is 3.47. The Morgan fingerprint density at radius 2 is 2.41 bits per heavy atom. The second kappa shape index (κ2) is 6.12. The third-order valence-electron chi connectivity index (χ3n) is 2.38. The van der Waals surface area contributed by atoms with Crippen LogP contribution in [-0.4, -0.2) is 40.4 Å². The van der Waals surface area contributed by atoms with Crippen LogP contribution in [0.1, 0.15) is 16.9 Å². The molecule has 94 valence electrons. The minimum Gasteiger partial charge on any atom is -0.394 e. The first kappa shape index (κ1) is 13.3. The van der Waals surface area contributed by atoms with Crippen molar-refractivity contribution in [2.45, 2.75) is 19.1 Å². The number of aliphatic hydroxyl groups is 1. The molecule has 1 aromatic rings. The summed E-state index contributed by atoms with van der Waals surface area (Å²) < 4.78 is 6.28. The van der Waals surface area contributed by atoms with Gasteiger partial charge < -0.3 is 20.1 Å². The van der Waals surface area contributed by atoms with Crippen molar-refractivity contribution in [1.29, 1.82) is 0 Å². The van der Waals surface area contributed by atoms with Crippen LogP contribution in [0.3, 0.4) is 0 Å². The third kappa shape index (κ3) is 3.36. The van der Waals surface area contributed by atoms with E-state index in [1.54, 1.807) is 0 Å². The maximum absolute atomic E-state index is 11.7. The zero-order chi connectivity index (χ0) is 12.8. The first-order valence-corrected chi connectivity index (χ1v) is 5.09. The van der Waals surface area contributed by atoms with Crippen molar-refractivity contribution < 1.29 is 14.6 Å². The van der Waals surface area contributed by atoms with Crippen molar-refractivity contribution in [3.63, 3.8) is 0 Å². The number of amides is 1. The van der Waals surface area contributed by atoms with E-state index in [0.717, 1.165) is 0 Å². The highest BCUT2D eigenvalue weighted by atomic mass is 16.5. The number of ether oxygens (including phenoxy) is 1. The monoisotopic (exact) mass is 241 g/mol. The lowest BCUT2D eigenvalue weighted by atomic mass is 10.2. The number of nitrogens with zero attached hydrogens (tertiary/aromatic N) is 2. The fraction of sp³-hybridized carbons (Fsp3) is 0.500. The third-order valence-corrected chi connectivity index (χ3v) is 2.38. The van der Waals surface area contributed by atoms with Gasteiger partial charge in [-0.1, -0.05) is 0 Å². The number of aliphatic hydroxyl groups excluding tert-OH is 1. The first-order valence-electron chi connectivity index (χ1n) is 5.09. The van der Waals surface area contributed by atoms with Gasteiger partial charge in [-0.05, 0) is 6.42 Å². The molecule has 0 saturated heterocycles. The molecule has 0 aliphatic rings. The van der Waals surface area contributed by atoms with Crippen LogP contribution in [0.5, 0.6) is 0 Å². The van der Waals surface area contributed by atoms with Gasteiger partial charge in [-0.2, -0.15) is 0 Å². The van der Waals surface area contributed by atoms with E-state index in [-0.39, 0.29) is 18.4 Å². The van der Waals surface area contributed by atoms with Gasteiger partial charge in [0, 0.05) is 26.0 Å². The summed E-state index contributed by atoms with van der Waals surface area (Å²) in [6.45, 7) is 0.194. The van der Waals surface area contributed by atoms with Crippen molar-refractivity contribution in [3.8, 4) is 0 Å². The van der Waals surface area contributed by atoms with E-state index >= 15 is 0 Å². The molecule has 0 spiro atoms. The summed E-state index contributed by atoms with van der Waals surface area (Å²) >= 11 is 0. The molecule has 1 aromatic heterocycles. The van der Waals surface area contributed by atoms with E-state index < -0.39 is 11.5 Å². The van der Waals surface area contributed by atoms with Crippen LogP contribution in [0.25, 0.3) is 0 Å². The van der Waals surface area contributed by atoms with Gasteiger partial charge in [0.05, 0.1) is 12.7 Å². The van der Waals surface area contributed by atoms with Crippen LogP contribution in [0.4, 0.5) is 0 Å². The average molecular weight is 241 g/mol. The van der Waals surface area contributed by atoms with Crippen LogP contribution < -0.4 is 11.3 Å². The smallest absolute Gasteiger partial charge is 0.282 e. The number of nitrogens with two attached hydrogens (primary N) is 1. The fourth-order valence-corrected chi connectivity index (χ4v) is 1.36. The highest BCUT2D eigenvalue weighted by Crippen LogP contribution is 1.98. The summed E-state index contributed by atoms with van der Waals surface area (Å²) in [5.41, 5.74) is 4.19. The molecule has 17 heavy (non-hydrogen) atoms. The normalized spacial score (nSPS) is 12.4. The first-order chi connectivity index (χ1) is 8.10. The molecule has 0 aromatic carbocycles. The van der Waals surface area contributed by atoms with Gasteiger partial charge in [-0.3, -0.25) is 9.59 Å². The number of aryl methyl sites for hydroxylation is 1. The van der Waals surface area contributed by atoms with Crippen molar-refractivity contribution in [2.24, 2.45) is 5.73 Å². The van der Waals surface area contributed by atoms with Crippen LogP contribution in [0, 0.1) is 0 Å². The molecule has 0 fully saturated rings. The van der Waals surface area contributed by atoms with Crippen LogP contribution in [0.15, 0.2) is 17.2 Å². The second-order valence-corrected chi connectivity index (χ2v) is 3.47. The molecular formula is C10H15N3O4. The van der Waals surface area contributed by atoms with Gasteiger partial charge in [0.2, 0.25) is 0 Å². The van der Waals surface area contributed by atoms with E-state index in [4.69, 9.17) is 15.6 Å². The Morgan fingerprint density at radius 3 is 2.94 bits per heavy atom. The highest BCUT2D eigenvalue weighted by Gasteiger charge is 2.11. The van der Waals surface area contributed by atoms with Crippen molar-refractivity contribution in [1.82, 2.24) is 9.55 Å². The number of rotatable bonds is 6. The lowest BCUT2D eigenvalue weighted by Crippen LogP contribution is -2.32. The van der Waals surface area contributed by atoms with Crippen LogP contribution >= 0.6 is 0 Å². The molecule has 0 radical (unpaired) electrons. The van der Waals surface area contributed by atoms with Gasteiger partial charge in [0.25, 0.3) is 11.5 Å². The van der Waals surface area contributed by atoms with Crippen LogP contribution in [0.2, 0.25) is 0 Å². The molecule has 1 rings (SSSR count). The largest absolute Gasteiger partial charge is 0.394 e. The van der Waals surface area contributed by atoms with Gasteiger partial charge in [0.1, 0.15) is 0 Å². The summed E-state index contributed by atoms with van der Waals surface area (Å²) in [5, 5.41) is 8.92. The molecule has 7 heteroatoms. The molecule has 1 atom stereocenters. The lowest BCUT2D eigenvalue weighted by Gasteiger charge is -2.13. The Kier molecular flexibility index (Phi) is 4.80. The Bertz CT molecular complexity index is 439. The Hall–Kier alpha value is -1.73. The van der Waals surface area contributed by atoms with E-state index in [9.17, 15) is 9.59 Å². The maximum Gasteiger partial charge on any atom is 0.282 e. The topological polar surface area (TPSA) is 107 Å². The molecule has 0 aliphatic carbocycles. The Labute approximate surface area is 97.8 Å². The van der Waals surface area contributed by atoms with Gasteiger partial charge in [0.15, 0.2) is 5.69 Å². The number of carbonyl (C=O) groups is 1. The SMILES string of the molecule is CO[C@H](CO)CCn1ccnc(C(N)=O)c1=O. The standard InChI is InChI=1S/C10H15N3O4/c1-17-7(6-14)2-4-13-5-3-12-8(9(11)15)10(13)16/h3,5,7,14H,2,4,6H2,1H3,(H2,11,15)/t7-/m0/s1. The molecule has 0 unspecified atom stereocenters. The molecule has 1 amide bonds. The van der Waals surface area contributed by atoms with Gasteiger partial charge >= 0.3 is 0 Å². The van der Waals surface area contributed by atoms with Crippen molar-refractivity contribution >= 4 is 5.91 Å². The number of hydrogen-bond acceptors (Lipinski definition) is 5. The molecule has 3 N–H and O–H groups in total. The quantitative estimate of drug-likeness (QED) is 0.646. The summed E-state index contributed by atoms with van der Waals surface area (Å²) in [7, 11) is 1.48. The minimum absolute atomic E-state index is 0.126. The number of carbonyl (C=O) groups excluding carboxylic acids is 1. The maximum atomic E-state index is 11.7. The Morgan fingerprint density at radius 1 is 1.71 bits per heavy atom. The molecule has 0 aliphatic heterocycles. The van der Waals surface area contributed by atoms with Gasteiger partial charge in [-0.15, -0.1) is 0 Å². The van der Waals surface area contributed by atoms with Crippen LogP contribution in [-0.2, 0) is 11.3 Å². The fourth-order valence-electron chi connectivity index (χ4n) is 1.36. The zero-order valence-electron chi connectivity index (χ0n) is 9.50. The number of methoxy groups -OCH3 is 1. The zero-order valence-corrected chi connectivity index (χ0v) is 9.50. The minimum atomic E-state index is -0.852. The molecule has 1 heterocycles. The Balaban J connectivity index is 2.82. The summed E-state index contributed by atoms with van der Waals surface area (Å²) in [4.78, 5) is 26.2. The number of primary amides is 1. The predicted octanol–water partition coefficient (Wildman–Crippen LogP) is -1.26. The van der Waals surface area contributed by atoms with Gasteiger partial charge in [-0.25, -0.2) is 4.98 Å². The number of aromatic nitrogens is 2. The highest BCUT2D eigenvalue weighted by molar-refractivity contribution is 5.90. The summed E-state index contributed by atoms with van der Waals surface area (Å²) in [6, 6.07) is 0.